The fourth-order valence-corrected chi connectivity index (χ4v) is 1.63. The fraction of sp³-hybridized carbons (Fsp3) is 0.222. The molecular weight excluding hydrogens is 260 g/mol. The number of rotatable bonds is 3. The molecule has 0 aromatic carbocycles. The molecule has 0 amide bonds. The van der Waals surface area contributed by atoms with Gasteiger partial charge in [0.05, 0.1) is 18.9 Å². The highest BCUT2D eigenvalue weighted by Gasteiger charge is 2.11. The van der Waals surface area contributed by atoms with Crippen molar-refractivity contribution in [2.45, 2.75) is 0 Å². The number of fused-ring (bicyclic) bond motifs is 1. The molecule has 2 aromatic heterocycles. The third-order valence-electron chi connectivity index (χ3n) is 1.99. The van der Waals surface area contributed by atoms with Gasteiger partial charge in [0.25, 0.3) is 0 Å². The summed E-state index contributed by atoms with van der Waals surface area (Å²) < 4.78 is 2.39. The first-order valence-electron chi connectivity index (χ1n) is 4.39. The zero-order valence-electron chi connectivity index (χ0n) is 8.07. The van der Waals surface area contributed by atoms with E-state index in [1.54, 1.807) is 30.0 Å². The van der Waals surface area contributed by atoms with E-state index in [1.807, 2.05) is 0 Å². The zero-order valence-corrected chi connectivity index (χ0v) is 9.65. The van der Waals surface area contributed by atoms with Crippen molar-refractivity contribution in [2.75, 3.05) is 13.6 Å². The Hall–Kier alpha value is -1.27. The van der Waals surface area contributed by atoms with Gasteiger partial charge in [-0.2, -0.15) is 0 Å². The number of carbonyl (C=O) groups excluding carboxylic acids is 1. The van der Waals surface area contributed by atoms with Gasteiger partial charge in [-0.25, -0.2) is 9.97 Å². The highest BCUT2D eigenvalue weighted by Crippen LogP contribution is 2.10. The Kier molecular flexibility index (Phi) is 2.79. The van der Waals surface area contributed by atoms with Gasteiger partial charge >= 0.3 is 0 Å². The molecule has 0 unspecified atom stereocenters. The summed E-state index contributed by atoms with van der Waals surface area (Å²) in [4.78, 5) is 19.8. The molecule has 2 heterocycles. The Morgan fingerprint density at radius 1 is 1.53 bits per heavy atom. The van der Waals surface area contributed by atoms with Crippen LogP contribution >= 0.6 is 15.9 Å². The second kappa shape index (κ2) is 4.08. The van der Waals surface area contributed by atoms with Crippen molar-refractivity contribution in [1.29, 1.82) is 0 Å². The van der Waals surface area contributed by atoms with E-state index in [9.17, 15) is 4.79 Å². The van der Waals surface area contributed by atoms with E-state index >= 15 is 0 Å². The van der Waals surface area contributed by atoms with Crippen LogP contribution in [0.3, 0.4) is 0 Å². The predicted octanol–water partition coefficient (Wildman–Crippen LogP) is 0.894. The molecule has 5 nitrogen and oxygen atoms in total. The van der Waals surface area contributed by atoms with Crippen LogP contribution in [0.5, 0.6) is 0 Å². The monoisotopic (exact) mass is 268 g/mol. The number of carbonyl (C=O) groups is 1. The van der Waals surface area contributed by atoms with Crippen molar-refractivity contribution in [3.05, 3.63) is 28.9 Å². The topological polar surface area (TPSA) is 59.3 Å². The number of nitrogens with one attached hydrogen (secondary N) is 1. The van der Waals surface area contributed by atoms with Gasteiger partial charge in [0, 0.05) is 6.20 Å². The summed E-state index contributed by atoms with van der Waals surface area (Å²) >= 11 is 3.25. The van der Waals surface area contributed by atoms with Crippen molar-refractivity contribution in [1.82, 2.24) is 19.7 Å². The second-order valence-electron chi connectivity index (χ2n) is 3.04. The van der Waals surface area contributed by atoms with Gasteiger partial charge in [-0.3, -0.25) is 9.20 Å². The van der Waals surface area contributed by atoms with Gasteiger partial charge in [0.2, 0.25) is 0 Å². The highest BCUT2D eigenvalue weighted by molar-refractivity contribution is 9.10. The third kappa shape index (κ3) is 1.91. The molecule has 0 aliphatic heterocycles. The van der Waals surface area contributed by atoms with E-state index in [2.05, 4.69) is 31.2 Å². The molecule has 0 bridgehead atoms. The SMILES string of the molecule is CNCC(=O)c1cnc2cnc(Br)cn12. The maximum absolute atomic E-state index is 11.7. The molecule has 6 heteroatoms. The Labute approximate surface area is 94.7 Å². The maximum Gasteiger partial charge on any atom is 0.194 e. The number of hydrogen-bond acceptors (Lipinski definition) is 4. The van der Waals surface area contributed by atoms with E-state index < -0.39 is 0 Å². The molecule has 0 saturated heterocycles. The van der Waals surface area contributed by atoms with Crippen molar-refractivity contribution < 1.29 is 4.79 Å². The molecule has 0 atom stereocenters. The van der Waals surface area contributed by atoms with Gasteiger partial charge in [-0.15, -0.1) is 0 Å². The quantitative estimate of drug-likeness (QED) is 0.841. The van der Waals surface area contributed by atoms with Gasteiger partial charge in [0.15, 0.2) is 11.4 Å². The summed E-state index contributed by atoms with van der Waals surface area (Å²) in [5.74, 6) is 0.00287. The molecule has 0 radical (unpaired) electrons. The predicted molar refractivity (Wildman–Crippen MR) is 58.9 cm³/mol. The molecule has 0 spiro atoms. The number of halogens is 1. The summed E-state index contributed by atoms with van der Waals surface area (Å²) in [6.45, 7) is 0.299. The average molecular weight is 269 g/mol. The lowest BCUT2D eigenvalue weighted by Crippen LogP contribution is -2.19. The average Bonchev–Trinajstić information content (AvgIpc) is 2.60. The number of nitrogens with zero attached hydrogens (tertiary/aromatic N) is 3. The molecule has 0 saturated carbocycles. The Morgan fingerprint density at radius 2 is 2.33 bits per heavy atom. The third-order valence-corrected chi connectivity index (χ3v) is 2.40. The number of aromatic nitrogens is 3. The summed E-state index contributed by atoms with van der Waals surface area (Å²) in [6, 6.07) is 0. The molecule has 2 rings (SSSR count). The van der Waals surface area contributed by atoms with Crippen LogP contribution in [-0.2, 0) is 0 Å². The van der Waals surface area contributed by atoms with Gasteiger partial charge in [-0.1, -0.05) is 0 Å². The number of hydrogen-bond donors (Lipinski definition) is 1. The molecule has 0 aliphatic carbocycles. The van der Waals surface area contributed by atoms with E-state index in [-0.39, 0.29) is 5.78 Å². The summed E-state index contributed by atoms with van der Waals surface area (Å²) in [7, 11) is 1.73. The number of imidazole rings is 1. The number of Topliss-reactive ketones (excluding diaryl/α,β-unsaturated/α-hetero) is 1. The van der Waals surface area contributed by atoms with E-state index in [0.29, 0.717) is 22.5 Å². The molecule has 1 N–H and O–H groups in total. The normalized spacial score (nSPS) is 10.8. The van der Waals surface area contributed by atoms with Gasteiger partial charge < -0.3 is 5.32 Å². The van der Waals surface area contributed by atoms with Crippen molar-refractivity contribution in [3.63, 3.8) is 0 Å². The Bertz CT molecular complexity index is 508. The first-order valence-corrected chi connectivity index (χ1v) is 5.18. The molecule has 0 fully saturated rings. The molecule has 78 valence electrons. The number of ketones is 1. The lowest BCUT2D eigenvalue weighted by atomic mass is 10.3. The van der Waals surface area contributed by atoms with Crippen LogP contribution in [-0.4, -0.2) is 33.7 Å². The van der Waals surface area contributed by atoms with Gasteiger partial charge in [-0.05, 0) is 23.0 Å². The van der Waals surface area contributed by atoms with Crippen molar-refractivity contribution in [2.24, 2.45) is 0 Å². The van der Waals surface area contributed by atoms with E-state index in [0.717, 1.165) is 0 Å². The van der Waals surface area contributed by atoms with Crippen LogP contribution < -0.4 is 5.32 Å². The first-order chi connectivity index (χ1) is 7.22. The van der Waals surface area contributed by atoms with Crippen molar-refractivity contribution >= 4 is 27.4 Å². The molecule has 0 aliphatic rings. The van der Waals surface area contributed by atoms with Crippen LogP contribution in [0.4, 0.5) is 0 Å². The maximum atomic E-state index is 11.7. The minimum atomic E-state index is 0.00287. The summed E-state index contributed by atoms with van der Waals surface area (Å²) in [5, 5.41) is 2.82. The lowest BCUT2D eigenvalue weighted by molar-refractivity contribution is 0.0988. The van der Waals surface area contributed by atoms with Gasteiger partial charge in [0.1, 0.15) is 10.3 Å². The zero-order chi connectivity index (χ0) is 10.8. The fourth-order valence-electron chi connectivity index (χ4n) is 1.32. The molecule has 2 aromatic rings. The standard InChI is InChI=1S/C9H9BrN4O/c1-11-3-7(15)6-2-13-9-4-12-8(10)5-14(6)9/h2,4-5,11H,3H2,1H3. The number of likely N-dealkylation sites (N-methyl/N-ethyl adjacent to an activating group) is 1. The molecular formula is C9H9BrN4O. The molecule has 15 heavy (non-hydrogen) atoms. The first kappa shape index (κ1) is 10.3. The second-order valence-corrected chi connectivity index (χ2v) is 3.85. The highest BCUT2D eigenvalue weighted by atomic mass is 79.9. The van der Waals surface area contributed by atoms with Crippen LogP contribution in [0, 0.1) is 0 Å². The minimum Gasteiger partial charge on any atom is -0.313 e. The smallest absolute Gasteiger partial charge is 0.194 e. The van der Waals surface area contributed by atoms with Crippen LogP contribution in [0.1, 0.15) is 10.5 Å². The van der Waals surface area contributed by atoms with Crippen molar-refractivity contribution in [3.8, 4) is 0 Å². The van der Waals surface area contributed by atoms with Crippen LogP contribution in [0.2, 0.25) is 0 Å². The largest absolute Gasteiger partial charge is 0.313 e. The lowest BCUT2D eigenvalue weighted by Gasteiger charge is -2.00. The van der Waals surface area contributed by atoms with E-state index in [1.165, 1.54) is 0 Å². The van der Waals surface area contributed by atoms with Crippen LogP contribution in [0.15, 0.2) is 23.2 Å². The Balaban J connectivity index is 2.52. The van der Waals surface area contributed by atoms with Crippen LogP contribution in [0.25, 0.3) is 5.65 Å². The minimum absolute atomic E-state index is 0.00287. The van der Waals surface area contributed by atoms with E-state index in [4.69, 9.17) is 0 Å². The summed E-state index contributed by atoms with van der Waals surface area (Å²) in [5.41, 5.74) is 1.22. The Morgan fingerprint density at radius 3 is 3.07 bits per heavy atom. The summed E-state index contributed by atoms with van der Waals surface area (Å²) in [6.07, 6.45) is 4.90.